The lowest BCUT2D eigenvalue weighted by atomic mass is 9.97. The average molecular weight is 516 g/mol. The lowest BCUT2D eigenvalue weighted by Gasteiger charge is -2.31. The molecule has 0 aliphatic carbocycles. The molecule has 2 amide bonds. The van der Waals surface area contributed by atoms with Crippen molar-refractivity contribution < 1.29 is 4.79 Å². The molecule has 0 saturated heterocycles. The van der Waals surface area contributed by atoms with E-state index in [0.29, 0.717) is 19.0 Å². The van der Waals surface area contributed by atoms with Crippen molar-refractivity contribution in [2.75, 3.05) is 0 Å². The Morgan fingerprint density at radius 2 is 1.62 bits per heavy atom. The molecular formula is C33H33N5O. The number of nitrogens with zero attached hydrogens (tertiary/aromatic N) is 4. The van der Waals surface area contributed by atoms with E-state index < -0.39 is 0 Å². The Morgan fingerprint density at radius 1 is 0.923 bits per heavy atom. The van der Waals surface area contributed by atoms with Crippen molar-refractivity contribution in [3.8, 4) is 11.5 Å². The van der Waals surface area contributed by atoms with Gasteiger partial charge in [-0.1, -0.05) is 86.6 Å². The molecule has 1 aliphatic heterocycles. The van der Waals surface area contributed by atoms with Crippen LogP contribution in [-0.2, 0) is 13.1 Å². The SMILES string of the molecule is Cc1nn(-c2ccccc2)c2c1CN(C(=O)NCc1ccccc1)[C@@H](c1ccc(C(C)C)cc1)c1cccn1-2. The van der Waals surface area contributed by atoms with Crippen LogP contribution in [0.5, 0.6) is 0 Å². The second-order valence-corrected chi connectivity index (χ2v) is 10.4. The van der Waals surface area contributed by atoms with E-state index in [4.69, 9.17) is 5.10 Å². The number of benzene rings is 3. The van der Waals surface area contributed by atoms with Gasteiger partial charge in [0.05, 0.1) is 29.7 Å². The second-order valence-electron chi connectivity index (χ2n) is 10.4. The van der Waals surface area contributed by atoms with Gasteiger partial charge in [-0.15, -0.1) is 0 Å². The molecule has 6 rings (SSSR count). The van der Waals surface area contributed by atoms with E-state index >= 15 is 0 Å². The maximum absolute atomic E-state index is 14.0. The molecule has 3 heterocycles. The maximum Gasteiger partial charge on any atom is 0.318 e. The molecule has 0 saturated carbocycles. The molecule has 3 aromatic carbocycles. The Hall–Kier alpha value is -4.58. The number of aromatic nitrogens is 3. The number of para-hydroxylation sites is 1. The molecule has 0 bridgehead atoms. The lowest BCUT2D eigenvalue weighted by molar-refractivity contribution is 0.180. The summed E-state index contributed by atoms with van der Waals surface area (Å²) in [6, 6.07) is 32.7. The molecule has 2 aromatic heterocycles. The summed E-state index contributed by atoms with van der Waals surface area (Å²) in [4.78, 5) is 15.9. The van der Waals surface area contributed by atoms with Crippen molar-refractivity contribution in [1.82, 2.24) is 24.6 Å². The highest BCUT2D eigenvalue weighted by Gasteiger charge is 2.36. The Bertz CT molecular complexity index is 1580. The van der Waals surface area contributed by atoms with Gasteiger partial charge in [0, 0.05) is 18.3 Å². The summed E-state index contributed by atoms with van der Waals surface area (Å²) in [6.45, 7) is 7.32. The summed E-state index contributed by atoms with van der Waals surface area (Å²) in [6.07, 6.45) is 2.08. The first-order valence-corrected chi connectivity index (χ1v) is 13.5. The van der Waals surface area contributed by atoms with Crippen LogP contribution in [0.3, 0.4) is 0 Å². The summed E-state index contributed by atoms with van der Waals surface area (Å²) in [7, 11) is 0. The van der Waals surface area contributed by atoms with E-state index in [1.807, 2.05) is 65.0 Å². The number of urea groups is 1. The Labute approximate surface area is 229 Å². The third-order valence-electron chi connectivity index (χ3n) is 7.55. The largest absolute Gasteiger partial charge is 0.334 e. The highest BCUT2D eigenvalue weighted by atomic mass is 16.2. The van der Waals surface area contributed by atoms with E-state index in [0.717, 1.165) is 39.6 Å². The predicted octanol–water partition coefficient (Wildman–Crippen LogP) is 6.91. The molecule has 5 aromatic rings. The normalized spacial score (nSPS) is 14.6. The smallest absolute Gasteiger partial charge is 0.318 e. The number of aryl methyl sites for hydroxylation is 1. The number of carbonyl (C=O) groups excluding carboxylic acids is 1. The minimum atomic E-state index is -0.270. The molecule has 0 spiro atoms. The highest BCUT2D eigenvalue weighted by Crippen LogP contribution is 2.38. The standard InChI is InChI=1S/C33H33N5O/c1-23(2)26-16-18-27(19-17-26)31-30-15-10-20-36(30)32-29(24(3)35-38(32)28-13-8-5-9-14-28)22-37(31)33(39)34-21-25-11-6-4-7-12-25/h4-20,23,31H,21-22H2,1-3H3,(H,34,39)/t31-/m0/s1. The van der Waals surface area contributed by atoms with Crippen LogP contribution in [0, 0.1) is 6.92 Å². The number of amides is 2. The summed E-state index contributed by atoms with van der Waals surface area (Å²) in [5.74, 6) is 1.41. The topological polar surface area (TPSA) is 55.1 Å². The van der Waals surface area contributed by atoms with Crippen molar-refractivity contribution in [2.45, 2.75) is 45.8 Å². The molecule has 1 atom stereocenters. The minimum absolute atomic E-state index is 0.107. The average Bonchev–Trinajstić information content (AvgIpc) is 3.53. The van der Waals surface area contributed by atoms with Gasteiger partial charge in [0.1, 0.15) is 5.82 Å². The van der Waals surface area contributed by atoms with Gasteiger partial charge in [0.2, 0.25) is 0 Å². The number of nitrogens with one attached hydrogen (secondary N) is 1. The highest BCUT2D eigenvalue weighted by molar-refractivity contribution is 5.76. The van der Waals surface area contributed by atoms with Gasteiger partial charge >= 0.3 is 6.03 Å². The van der Waals surface area contributed by atoms with Crippen LogP contribution in [0.1, 0.15) is 59.4 Å². The van der Waals surface area contributed by atoms with Crippen LogP contribution in [0.2, 0.25) is 0 Å². The molecule has 0 fully saturated rings. The number of rotatable bonds is 5. The fraction of sp³-hybridized carbons (Fsp3) is 0.212. The fourth-order valence-electron chi connectivity index (χ4n) is 5.44. The first-order valence-electron chi connectivity index (χ1n) is 13.5. The summed E-state index contributed by atoms with van der Waals surface area (Å²) in [5, 5.41) is 8.12. The molecule has 39 heavy (non-hydrogen) atoms. The maximum atomic E-state index is 14.0. The van der Waals surface area contributed by atoms with Gasteiger partial charge in [-0.3, -0.25) is 0 Å². The van der Waals surface area contributed by atoms with Crippen LogP contribution in [0.15, 0.2) is 103 Å². The van der Waals surface area contributed by atoms with E-state index in [1.165, 1.54) is 5.56 Å². The molecule has 1 N–H and O–H groups in total. The van der Waals surface area contributed by atoms with Crippen LogP contribution < -0.4 is 5.32 Å². The van der Waals surface area contributed by atoms with Crippen LogP contribution in [0.25, 0.3) is 11.5 Å². The lowest BCUT2D eigenvalue weighted by Crippen LogP contribution is -2.41. The zero-order chi connectivity index (χ0) is 26.9. The first kappa shape index (κ1) is 24.7. The first-order chi connectivity index (χ1) is 19.0. The fourth-order valence-corrected chi connectivity index (χ4v) is 5.44. The Morgan fingerprint density at radius 3 is 2.31 bits per heavy atom. The van der Waals surface area contributed by atoms with E-state index in [-0.39, 0.29) is 12.1 Å². The summed E-state index contributed by atoms with van der Waals surface area (Å²) < 4.78 is 4.20. The van der Waals surface area contributed by atoms with Gasteiger partial charge in [-0.25, -0.2) is 9.48 Å². The molecule has 6 heteroatoms. The van der Waals surface area contributed by atoms with Crippen LogP contribution in [-0.4, -0.2) is 25.3 Å². The number of hydrogen-bond donors (Lipinski definition) is 1. The number of hydrogen-bond acceptors (Lipinski definition) is 2. The third kappa shape index (κ3) is 4.63. The quantitative estimate of drug-likeness (QED) is 0.277. The van der Waals surface area contributed by atoms with Gasteiger partial charge in [-0.05, 0) is 53.8 Å². The van der Waals surface area contributed by atoms with E-state index in [9.17, 15) is 4.79 Å². The Kier molecular flexibility index (Phi) is 6.53. The molecule has 1 aliphatic rings. The monoisotopic (exact) mass is 515 g/mol. The van der Waals surface area contributed by atoms with Crippen LogP contribution >= 0.6 is 0 Å². The zero-order valence-corrected chi connectivity index (χ0v) is 22.6. The summed E-state index contributed by atoms with van der Waals surface area (Å²) in [5.41, 5.74) is 7.38. The molecule has 6 nitrogen and oxygen atoms in total. The van der Waals surface area contributed by atoms with Gasteiger partial charge in [0.15, 0.2) is 0 Å². The molecular weight excluding hydrogens is 482 g/mol. The van der Waals surface area contributed by atoms with E-state index in [2.05, 4.69) is 78.5 Å². The second kappa shape index (κ2) is 10.3. The third-order valence-corrected chi connectivity index (χ3v) is 7.55. The van der Waals surface area contributed by atoms with Gasteiger partial charge in [-0.2, -0.15) is 5.10 Å². The minimum Gasteiger partial charge on any atom is -0.334 e. The van der Waals surface area contributed by atoms with Crippen molar-refractivity contribution in [3.63, 3.8) is 0 Å². The van der Waals surface area contributed by atoms with Crippen LogP contribution in [0.4, 0.5) is 4.79 Å². The van der Waals surface area contributed by atoms with Crippen molar-refractivity contribution >= 4 is 6.03 Å². The zero-order valence-electron chi connectivity index (χ0n) is 22.6. The summed E-state index contributed by atoms with van der Waals surface area (Å²) >= 11 is 0. The van der Waals surface area contributed by atoms with Gasteiger partial charge < -0.3 is 14.8 Å². The van der Waals surface area contributed by atoms with Crippen molar-refractivity contribution in [1.29, 1.82) is 0 Å². The Balaban J connectivity index is 1.48. The predicted molar refractivity (Wildman–Crippen MR) is 154 cm³/mol. The molecule has 0 radical (unpaired) electrons. The van der Waals surface area contributed by atoms with E-state index in [1.54, 1.807) is 0 Å². The van der Waals surface area contributed by atoms with Gasteiger partial charge in [0.25, 0.3) is 0 Å². The molecule has 0 unspecified atom stereocenters. The number of fused-ring (bicyclic) bond motifs is 3. The number of carbonyl (C=O) groups is 1. The molecule has 196 valence electrons. The van der Waals surface area contributed by atoms with Crippen molar-refractivity contribution in [3.05, 3.63) is 137 Å². The van der Waals surface area contributed by atoms with Crippen molar-refractivity contribution in [2.24, 2.45) is 0 Å².